The van der Waals surface area contributed by atoms with Crippen LogP contribution in [0, 0.1) is 11.8 Å². The van der Waals surface area contributed by atoms with Gasteiger partial charge in [0.05, 0.1) is 12.2 Å². The molecule has 0 atom stereocenters. The van der Waals surface area contributed by atoms with Crippen molar-refractivity contribution < 1.29 is 9.47 Å². The Morgan fingerprint density at radius 1 is 0.750 bits per heavy atom. The maximum atomic E-state index is 6.05. The van der Waals surface area contributed by atoms with Gasteiger partial charge in [-0.3, -0.25) is 0 Å². The lowest BCUT2D eigenvalue weighted by Crippen LogP contribution is -2.33. The summed E-state index contributed by atoms with van der Waals surface area (Å²) in [4.78, 5) is 0. The van der Waals surface area contributed by atoms with E-state index in [1.54, 1.807) is 0 Å². The second-order valence-corrected chi connectivity index (χ2v) is 6.60. The Hall–Kier alpha value is -0.160. The Balaban J connectivity index is 1.62. The van der Waals surface area contributed by atoms with E-state index in [1.165, 1.54) is 25.7 Å². The lowest BCUT2D eigenvalue weighted by Gasteiger charge is -2.33. The van der Waals surface area contributed by atoms with E-state index in [0.29, 0.717) is 24.0 Å². The van der Waals surface area contributed by atoms with Crippen molar-refractivity contribution in [3.63, 3.8) is 0 Å². The Morgan fingerprint density at radius 2 is 1.10 bits per heavy atom. The number of hydrogen-bond donors (Lipinski definition) is 2. The molecule has 0 bridgehead atoms. The van der Waals surface area contributed by atoms with Crippen LogP contribution >= 0.6 is 0 Å². The van der Waals surface area contributed by atoms with Crippen LogP contribution < -0.4 is 11.5 Å². The molecule has 4 nitrogen and oxygen atoms in total. The van der Waals surface area contributed by atoms with Crippen molar-refractivity contribution >= 4 is 0 Å². The van der Waals surface area contributed by atoms with E-state index >= 15 is 0 Å². The molecule has 2 rings (SSSR count). The maximum Gasteiger partial charge on any atom is 0.155 e. The first-order chi connectivity index (χ1) is 9.71. The third-order valence-electron chi connectivity index (χ3n) is 5.02. The number of rotatable bonds is 6. The highest BCUT2D eigenvalue weighted by molar-refractivity contribution is 4.75. The molecule has 0 aromatic carbocycles. The zero-order valence-electron chi connectivity index (χ0n) is 12.9. The van der Waals surface area contributed by atoms with Crippen molar-refractivity contribution in [2.75, 3.05) is 13.1 Å². The lowest BCUT2D eigenvalue weighted by atomic mass is 9.87. The molecule has 0 unspecified atom stereocenters. The Bertz CT molecular complexity index is 233. The third-order valence-corrected chi connectivity index (χ3v) is 5.02. The molecule has 0 radical (unpaired) electrons. The summed E-state index contributed by atoms with van der Waals surface area (Å²) in [5, 5.41) is 0. The Kier molecular flexibility index (Phi) is 6.75. The minimum absolute atomic E-state index is 0.0751. The first kappa shape index (κ1) is 16.2. The SMILES string of the molecule is CC(OC1CCC(CN)CC1)OC1CCC(CN)CC1. The summed E-state index contributed by atoms with van der Waals surface area (Å²) in [6.45, 7) is 3.69. The third kappa shape index (κ3) is 4.99. The fourth-order valence-corrected chi connectivity index (χ4v) is 3.58. The molecule has 0 saturated heterocycles. The molecule has 4 N–H and O–H groups in total. The maximum absolute atomic E-state index is 6.05. The van der Waals surface area contributed by atoms with Gasteiger partial charge in [0.1, 0.15) is 0 Å². The predicted octanol–water partition coefficient (Wildman–Crippen LogP) is 2.40. The lowest BCUT2D eigenvalue weighted by molar-refractivity contribution is -0.196. The van der Waals surface area contributed by atoms with Gasteiger partial charge in [0.25, 0.3) is 0 Å². The first-order valence-corrected chi connectivity index (χ1v) is 8.42. The Morgan fingerprint density at radius 3 is 1.40 bits per heavy atom. The van der Waals surface area contributed by atoms with Crippen molar-refractivity contribution in [3.8, 4) is 0 Å². The summed E-state index contributed by atoms with van der Waals surface area (Å²) in [6, 6.07) is 0. The van der Waals surface area contributed by atoms with Gasteiger partial charge in [-0.2, -0.15) is 0 Å². The van der Waals surface area contributed by atoms with Gasteiger partial charge >= 0.3 is 0 Å². The van der Waals surface area contributed by atoms with E-state index in [1.807, 2.05) is 6.92 Å². The molecule has 0 amide bonds. The van der Waals surface area contributed by atoms with Crippen LogP contribution in [0.2, 0.25) is 0 Å². The second-order valence-electron chi connectivity index (χ2n) is 6.60. The monoisotopic (exact) mass is 284 g/mol. The topological polar surface area (TPSA) is 70.5 Å². The quantitative estimate of drug-likeness (QED) is 0.735. The zero-order valence-corrected chi connectivity index (χ0v) is 12.9. The van der Waals surface area contributed by atoms with E-state index in [9.17, 15) is 0 Å². The van der Waals surface area contributed by atoms with E-state index < -0.39 is 0 Å². The van der Waals surface area contributed by atoms with Crippen LogP contribution in [-0.2, 0) is 9.47 Å². The van der Waals surface area contributed by atoms with Gasteiger partial charge in [0, 0.05) is 0 Å². The van der Waals surface area contributed by atoms with E-state index in [-0.39, 0.29) is 6.29 Å². The summed E-state index contributed by atoms with van der Waals surface area (Å²) < 4.78 is 12.1. The van der Waals surface area contributed by atoms with Crippen molar-refractivity contribution in [1.82, 2.24) is 0 Å². The van der Waals surface area contributed by atoms with Crippen LogP contribution in [0.3, 0.4) is 0 Å². The molecular weight excluding hydrogens is 252 g/mol. The second kappa shape index (κ2) is 8.32. The molecule has 0 aliphatic heterocycles. The van der Waals surface area contributed by atoms with Crippen LogP contribution in [0.15, 0.2) is 0 Å². The van der Waals surface area contributed by atoms with Gasteiger partial charge in [-0.1, -0.05) is 0 Å². The normalized spacial score (nSPS) is 36.8. The van der Waals surface area contributed by atoms with Gasteiger partial charge in [-0.05, 0) is 83.2 Å². The number of ether oxygens (including phenoxy) is 2. The van der Waals surface area contributed by atoms with E-state index in [0.717, 1.165) is 38.8 Å². The molecule has 4 heteroatoms. The molecule has 0 aromatic rings. The van der Waals surface area contributed by atoms with Gasteiger partial charge in [-0.25, -0.2) is 0 Å². The summed E-state index contributed by atoms with van der Waals surface area (Å²) in [5.41, 5.74) is 11.4. The van der Waals surface area contributed by atoms with E-state index in [2.05, 4.69) is 0 Å². The minimum Gasteiger partial charge on any atom is -0.350 e. The van der Waals surface area contributed by atoms with Crippen LogP contribution in [0.1, 0.15) is 58.3 Å². The molecular formula is C16H32N2O2. The van der Waals surface area contributed by atoms with Gasteiger partial charge in [0.15, 0.2) is 6.29 Å². The fourth-order valence-electron chi connectivity index (χ4n) is 3.58. The standard InChI is InChI=1S/C16H32N2O2/c1-12(19-15-6-2-13(10-17)3-7-15)20-16-8-4-14(11-18)5-9-16/h12-16H,2-11,17-18H2,1H3. The van der Waals surface area contributed by atoms with Gasteiger partial charge < -0.3 is 20.9 Å². The summed E-state index contributed by atoms with van der Waals surface area (Å²) in [6.07, 6.45) is 10.0. The van der Waals surface area contributed by atoms with Crippen molar-refractivity contribution in [1.29, 1.82) is 0 Å². The smallest absolute Gasteiger partial charge is 0.155 e. The minimum atomic E-state index is -0.0751. The van der Waals surface area contributed by atoms with Crippen LogP contribution in [0.4, 0.5) is 0 Å². The van der Waals surface area contributed by atoms with Gasteiger partial charge in [-0.15, -0.1) is 0 Å². The molecule has 0 aromatic heterocycles. The summed E-state index contributed by atoms with van der Waals surface area (Å²) >= 11 is 0. The molecule has 2 aliphatic carbocycles. The average molecular weight is 284 g/mol. The molecule has 2 saturated carbocycles. The van der Waals surface area contributed by atoms with E-state index in [4.69, 9.17) is 20.9 Å². The zero-order chi connectivity index (χ0) is 14.4. The highest BCUT2D eigenvalue weighted by atomic mass is 16.7. The molecule has 20 heavy (non-hydrogen) atoms. The molecule has 2 aliphatic rings. The highest BCUT2D eigenvalue weighted by Gasteiger charge is 2.25. The van der Waals surface area contributed by atoms with Crippen molar-refractivity contribution in [2.24, 2.45) is 23.3 Å². The predicted molar refractivity (Wildman–Crippen MR) is 81.2 cm³/mol. The molecule has 118 valence electrons. The number of nitrogens with two attached hydrogens (primary N) is 2. The fraction of sp³-hybridized carbons (Fsp3) is 1.00. The molecule has 0 heterocycles. The van der Waals surface area contributed by atoms with Crippen LogP contribution in [0.25, 0.3) is 0 Å². The van der Waals surface area contributed by atoms with Crippen molar-refractivity contribution in [3.05, 3.63) is 0 Å². The first-order valence-electron chi connectivity index (χ1n) is 8.42. The average Bonchev–Trinajstić information content (AvgIpc) is 2.49. The van der Waals surface area contributed by atoms with Crippen LogP contribution in [0.5, 0.6) is 0 Å². The number of hydrogen-bond acceptors (Lipinski definition) is 4. The molecule has 2 fully saturated rings. The largest absolute Gasteiger partial charge is 0.350 e. The Labute approximate surface area is 123 Å². The highest BCUT2D eigenvalue weighted by Crippen LogP contribution is 2.29. The van der Waals surface area contributed by atoms with Gasteiger partial charge in [0.2, 0.25) is 0 Å². The van der Waals surface area contributed by atoms with Crippen LogP contribution in [-0.4, -0.2) is 31.6 Å². The summed E-state index contributed by atoms with van der Waals surface area (Å²) in [5.74, 6) is 1.41. The summed E-state index contributed by atoms with van der Waals surface area (Å²) in [7, 11) is 0. The van der Waals surface area contributed by atoms with Crippen molar-refractivity contribution in [2.45, 2.75) is 76.8 Å². The molecule has 0 spiro atoms.